The van der Waals surface area contributed by atoms with Gasteiger partial charge in [0.1, 0.15) is 5.82 Å². The Hall–Kier alpha value is -3.28. The maximum Gasteiger partial charge on any atom is 0.220 e. The van der Waals surface area contributed by atoms with E-state index in [1.54, 1.807) is 36.5 Å². The third kappa shape index (κ3) is 3.33. The smallest absolute Gasteiger partial charge is 0.220 e. The number of carbonyl (C=O) groups is 2. The van der Waals surface area contributed by atoms with Crippen LogP contribution < -0.4 is 10.6 Å². The van der Waals surface area contributed by atoms with Crippen molar-refractivity contribution in [2.45, 2.75) is 12.8 Å². The van der Waals surface area contributed by atoms with Crippen LogP contribution in [-0.2, 0) is 4.79 Å². The summed E-state index contributed by atoms with van der Waals surface area (Å²) >= 11 is 0. The summed E-state index contributed by atoms with van der Waals surface area (Å²) in [5.41, 5.74) is 7.72. The van der Waals surface area contributed by atoms with E-state index in [2.05, 4.69) is 4.98 Å². The molecule has 0 saturated carbocycles. The van der Waals surface area contributed by atoms with Crippen molar-refractivity contribution in [1.82, 2.24) is 4.98 Å². The second-order valence-electron chi connectivity index (χ2n) is 7.04. The van der Waals surface area contributed by atoms with Gasteiger partial charge in [-0.15, -0.1) is 0 Å². The third-order valence-corrected chi connectivity index (χ3v) is 5.30. The summed E-state index contributed by atoms with van der Waals surface area (Å²) in [5.74, 6) is -1.02. The predicted molar refractivity (Wildman–Crippen MR) is 106 cm³/mol. The van der Waals surface area contributed by atoms with Crippen molar-refractivity contribution in [2.75, 3.05) is 18.0 Å². The number of halogens is 1. The molecular formula is C22H20FN3O2. The molecule has 2 heterocycles. The summed E-state index contributed by atoms with van der Waals surface area (Å²) in [6, 6.07) is 13.3. The molecule has 0 bridgehead atoms. The Morgan fingerprint density at radius 3 is 2.46 bits per heavy atom. The number of hydrogen-bond donors (Lipinski definition) is 1. The molecule has 1 fully saturated rings. The molecule has 0 spiro atoms. The lowest BCUT2D eigenvalue weighted by molar-refractivity contribution is -0.122. The van der Waals surface area contributed by atoms with E-state index in [1.807, 2.05) is 11.0 Å². The fourth-order valence-electron chi connectivity index (χ4n) is 3.79. The van der Waals surface area contributed by atoms with E-state index < -0.39 is 0 Å². The topological polar surface area (TPSA) is 76.3 Å². The molecule has 2 N–H and O–H groups in total. The molecular weight excluding hydrogens is 357 g/mol. The second-order valence-corrected chi connectivity index (χ2v) is 7.04. The zero-order chi connectivity index (χ0) is 19.7. The third-order valence-electron chi connectivity index (χ3n) is 5.30. The number of nitrogens with two attached hydrogens (primary N) is 1. The largest absolute Gasteiger partial charge is 0.370 e. The van der Waals surface area contributed by atoms with Gasteiger partial charge in [0, 0.05) is 36.2 Å². The van der Waals surface area contributed by atoms with Gasteiger partial charge >= 0.3 is 0 Å². The van der Waals surface area contributed by atoms with E-state index in [0.717, 1.165) is 0 Å². The number of pyridine rings is 1. The summed E-state index contributed by atoms with van der Waals surface area (Å²) < 4.78 is 14.0. The first-order chi connectivity index (χ1) is 13.5. The zero-order valence-electron chi connectivity index (χ0n) is 15.3. The van der Waals surface area contributed by atoms with Gasteiger partial charge in [-0.25, -0.2) is 4.39 Å². The monoisotopic (exact) mass is 377 g/mol. The van der Waals surface area contributed by atoms with Crippen molar-refractivity contribution in [3.63, 3.8) is 0 Å². The van der Waals surface area contributed by atoms with Crippen molar-refractivity contribution < 1.29 is 14.0 Å². The number of ketones is 1. The number of rotatable bonds is 4. The van der Waals surface area contributed by atoms with Crippen molar-refractivity contribution in [3.8, 4) is 0 Å². The van der Waals surface area contributed by atoms with Gasteiger partial charge in [-0.2, -0.15) is 0 Å². The minimum absolute atomic E-state index is 0.161. The fraction of sp³-hybridized carbons (Fsp3) is 0.227. The molecule has 1 aromatic heterocycles. The molecule has 1 amide bonds. The number of nitrogens with zero attached hydrogens (tertiary/aromatic N) is 2. The molecule has 142 valence electrons. The number of primary amides is 1. The Bertz CT molecular complexity index is 1040. The Kier molecular flexibility index (Phi) is 4.77. The minimum Gasteiger partial charge on any atom is -0.370 e. The lowest BCUT2D eigenvalue weighted by Gasteiger charge is -2.34. The van der Waals surface area contributed by atoms with E-state index in [0.29, 0.717) is 53.6 Å². The van der Waals surface area contributed by atoms with Gasteiger partial charge in [-0.3, -0.25) is 14.6 Å². The summed E-state index contributed by atoms with van der Waals surface area (Å²) in [5, 5.41) is 0.597. The predicted octanol–water partition coefficient (Wildman–Crippen LogP) is 3.31. The second kappa shape index (κ2) is 7.38. The first kappa shape index (κ1) is 18.1. The maximum atomic E-state index is 14.0. The van der Waals surface area contributed by atoms with Gasteiger partial charge in [0.2, 0.25) is 5.91 Å². The number of amides is 1. The Morgan fingerprint density at radius 1 is 1.07 bits per heavy atom. The highest BCUT2D eigenvalue weighted by Crippen LogP contribution is 2.34. The molecule has 1 aliphatic heterocycles. The van der Waals surface area contributed by atoms with Crippen LogP contribution in [-0.4, -0.2) is 29.8 Å². The summed E-state index contributed by atoms with van der Waals surface area (Å²) in [6.45, 7) is 1.14. The highest BCUT2D eigenvalue weighted by molar-refractivity contribution is 6.16. The van der Waals surface area contributed by atoms with Crippen LogP contribution in [0.25, 0.3) is 10.9 Å². The molecule has 1 aliphatic rings. The highest BCUT2D eigenvalue weighted by Gasteiger charge is 2.27. The van der Waals surface area contributed by atoms with Crippen LogP contribution in [0.2, 0.25) is 0 Å². The van der Waals surface area contributed by atoms with E-state index in [-0.39, 0.29) is 23.4 Å². The number of fused-ring (bicyclic) bond motifs is 1. The van der Waals surface area contributed by atoms with Gasteiger partial charge < -0.3 is 10.6 Å². The van der Waals surface area contributed by atoms with Crippen molar-refractivity contribution >= 4 is 28.3 Å². The van der Waals surface area contributed by atoms with Gasteiger partial charge in [-0.05, 0) is 31.0 Å². The van der Waals surface area contributed by atoms with Crippen molar-refractivity contribution in [3.05, 3.63) is 71.7 Å². The van der Waals surface area contributed by atoms with Crippen LogP contribution in [0.4, 0.5) is 10.1 Å². The van der Waals surface area contributed by atoms with Gasteiger partial charge in [0.15, 0.2) is 5.78 Å². The highest BCUT2D eigenvalue weighted by atomic mass is 19.1. The quantitative estimate of drug-likeness (QED) is 0.708. The lowest BCUT2D eigenvalue weighted by atomic mass is 9.93. The first-order valence-corrected chi connectivity index (χ1v) is 9.27. The standard InChI is InChI=1S/C22H20FN3O2/c23-16-6-7-19-17(12-16)20(26-10-8-15(9-11-26)22(24)28)18(13-25-19)21(27)14-4-2-1-3-5-14/h1-7,12-13,15H,8-11H2,(H2,24,28). The number of anilines is 1. The summed E-state index contributed by atoms with van der Waals surface area (Å²) in [4.78, 5) is 31.1. The van der Waals surface area contributed by atoms with Gasteiger partial charge in [0.05, 0.1) is 16.8 Å². The van der Waals surface area contributed by atoms with Crippen molar-refractivity contribution in [1.29, 1.82) is 0 Å². The summed E-state index contributed by atoms with van der Waals surface area (Å²) in [7, 11) is 0. The summed E-state index contributed by atoms with van der Waals surface area (Å²) in [6.07, 6.45) is 2.77. The molecule has 4 rings (SSSR count). The van der Waals surface area contributed by atoms with E-state index in [4.69, 9.17) is 5.73 Å². The Morgan fingerprint density at radius 2 is 1.79 bits per heavy atom. The molecule has 5 nitrogen and oxygen atoms in total. The van der Waals surface area contributed by atoms with Gasteiger partial charge in [0.25, 0.3) is 0 Å². The molecule has 6 heteroatoms. The first-order valence-electron chi connectivity index (χ1n) is 9.27. The molecule has 0 atom stereocenters. The minimum atomic E-state index is -0.383. The molecule has 0 unspecified atom stereocenters. The Labute approximate surface area is 162 Å². The molecule has 2 aromatic carbocycles. The number of benzene rings is 2. The van der Waals surface area contributed by atoms with E-state index >= 15 is 0 Å². The molecule has 1 saturated heterocycles. The number of aromatic nitrogens is 1. The number of piperidine rings is 1. The molecule has 3 aromatic rings. The average molecular weight is 377 g/mol. The lowest BCUT2D eigenvalue weighted by Crippen LogP contribution is -2.39. The average Bonchev–Trinajstić information content (AvgIpc) is 2.73. The Balaban J connectivity index is 1.83. The number of carbonyl (C=O) groups excluding carboxylic acids is 2. The van der Waals surface area contributed by atoms with Crippen LogP contribution in [0, 0.1) is 11.7 Å². The zero-order valence-corrected chi connectivity index (χ0v) is 15.3. The van der Waals surface area contributed by atoms with Crippen LogP contribution in [0.5, 0.6) is 0 Å². The maximum absolute atomic E-state index is 14.0. The van der Waals surface area contributed by atoms with Crippen LogP contribution >= 0.6 is 0 Å². The van der Waals surface area contributed by atoms with E-state index in [1.165, 1.54) is 12.1 Å². The SMILES string of the molecule is NC(=O)C1CCN(c2c(C(=O)c3ccccc3)cnc3ccc(F)cc23)CC1. The van der Waals surface area contributed by atoms with E-state index in [9.17, 15) is 14.0 Å². The fourth-order valence-corrected chi connectivity index (χ4v) is 3.79. The van der Waals surface area contributed by atoms with Crippen molar-refractivity contribution in [2.24, 2.45) is 11.7 Å². The van der Waals surface area contributed by atoms with Gasteiger partial charge in [-0.1, -0.05) is 30.3 Å². The number of hydrogen-bond acceptors (Lipinski definition) is 4. The van der Waals surface area contributed by atoms with Crippen LogP contribution in [0.1, 0.15) is 28.8 Å². The molecule has 0 radical (unpaired) electrons. The van der Waals surface area contributed by atoms with Crippen LogP contribution in [0.3, 0.4) is 0 Å². The normalized spacial score (nSPS) is 15.0. The molecule has 28 heavy (non-hydrogen) atoms. The molecule has 0 aliphatic carbocycles. The van der Waals surface area contributed by atoms with Crippen LogP contribution in [0.15, 0.2) is 54.7 Å².